The Hall–Kier alpha value is -1.40. The zero-order valence-corrected chi connectivity index (χ0v) is 25.5. The zero-order valence-electron chi connectivity index (χ0n) is 23.8. The van der Waals surface area contributed by atoms with Crippen LogP contribution >= 0.6 is 6.72 Å². The number of rotatable bonds is 18. The van der Waals surface area contributed by atoms with Crippen LogP contribution in [0.5, 0.6) is 0 Å². The molecule has 6 unspecified atom stereocenters. The number of fused-ring (bicyclic) bond motifs is 1. The summed E-state index contributed by atoms with van der Waals surface area (Å²) in [5, 5.41) is 0. The van der Waals surface area contributed by atoms with E-state index in [1.54, 1.807) is 18.0 Å². The molecule has 1 saturated heterocycles. The summed E-state index contributed by atoms with van der Waals surface area (Å²) in [6.45, 7) is 2.82. The maximum absolute atomic E-state index is 11.2. The Morgan fingerprint density at radius 1 is 1.05 bits per heavy atom. The lowest BCUT2D eigenvalue weighted by molar-refractivity contribution is -0.0505. The monoisotopic (exact) mass is 586 g/mol. The maximum Gasteiger partial charge on any atom is 0.325 e. The third kappa shape index (κ3) is 8.79. The molecule has 2 aromatic heterocycles. The minimum absolute atomic E-state index is 0.0391. The lowest BCUT2D eigenvalue weighted by atomic mass is 10.0. The highest BCUT2D eigenvalue weighted by atomic mass is 32.5. The van der Waals surface area contributed by atoms with Gasteiger partial charge in [0.15, 0.2) is 17.7 Å². The fraction of sp³-hybridized carbons (Fsp3) is 0.808. The summed E-state index contributed by atoms with van der Waals surface area (Å²) < 4.78 is 26.4. The molecule has 0 aromatic carbocycles. The quantitative estimate of drug-likeness (QED) is 0.147. The molecule has 0 bridgehead atoms. The van der Waals surface area contributed by atoms with Crippen LogP contribution in [0.15, 0.2) is 6.33 Å². The van der Waals surface area contributed by atoms with Gasteiger partial charge in [0.25, 0.3) is 0 Å². The van der Waals surface area contributed by atoms with Crippen molar-refractivity contribution in [2.24, 2.45) is 0 Å². The van der Waals surface area contributed by atoms with E-state index >= 15 is 0 Å². The fourth-order valence-corrected chi connectivity index (χ4v) is 7.04. The van der Waals surface area contributed by atoms with Crippen LogP contribution in [0.3, 0.4) is 0 Å². The Labute approximate surface area is 237 Å². The largest absolute Gasteiger partial charge is 0.382 e. The highest BCUT2D eigenvalue weighted by Gasteiger charge is 2.49. The van der Waals surface area contributed by atoms with Crippen LogP contribution < -0.4 is 11.5 Å². The van der Waals surface area contributed by atoms with E-state index in [1.165, 1.54) is 19.3 Å². The Morgan fingerprint density at radius 2 is 1.74 bits per heavy atom. The van der Waals surface area contributed by atoms with Crippen molar-refractivity contribution in [2.75, 3.05) is 18.6 Å². The molecule has 5 N–H and O–H groups in total. The Kier molecular flexibility index (Phi) is 12.8. The SMILES string of the molecule is CCCCCCCC(CC)OP(O)(=S)OC1C(CCCCCC)OC(n2cnc3c(N)nc(N)nc32)C1OC. The number of unbranched alkanes of at least 4 members (excludes halogenated alkanes) is 7. The number of imidazole rings is 1. The summed E-state index contributed by atoms with van der Waals surface area (Å²) in [5.74, 6) is 0.226. The van der Waals surface area contributed by atoms with Crippen LogP contribution in [-0.4, -0.2) is 55.9 Å². The van der Waals surface area contributed by atoms with Gasteiger partial charge < -0.3 is 30.4 Å². The molecule has 1 aliphatic heterocycles. The van der Waals surface area contributed by atoms with Crippen LogP contribution in [-0.2, 0) is 30.3 Å². The van der Waals surface area contributed by atoms with E-state index in [9.17, 15) is 4.89 Å². The van der Waals surface area contributed by atoms with Crippen molar-refractivity contribution in [3.63, 3.8) is 0 Å². The summed E-state index contributed by atoms with van der Waals surface area (Å²) in [5.41, 5.74) is 12.8. The Bertz CT molecular complexity index is 1070. The normalized spacial score (nSPS) is 23.8. The van der Waals surface area contributed by atoms with E-state index in [0.717, 1.165) is 57.8 Å². The van der Waals surface area contributed by atoms with E-state index in [1.807, 2.05) is 6.92 Å². The smallest absolute Gasteiger partial charge is 0.325 e. The molecule has 2 aromatic rings. The summed E-state index contributed by atoms with van der Waals surface area (Å²) in [6, 6.07) is 0. The molecule has 0 radical (unpaired) electrons. The van der Waals surface area contributed by atoms with Crippen LogP contribution in [0.1, 0.15) is 104 Å². The third-order valence-corrected chi connectivity index (χ3v) is 8.85. The van der Waals surface area contributed by atoms with E-state index in [4.69, 9.17) is 41.8 Å². The molecular formula is C26H47N6O5PS. The molecule has 0 amide bonds. The zero-order chi connectivity index (χ0) is 28.4. The molecule has 6 atom stereocenters. The first kappa shape index (κ1) is 32.1. The molecule has 0 spiro atoms. The van der Waals surface area contributed by atoms with Crippen molar-refractivity contribution < 1.29 is 23.4 Å². The molecule has 11 nitrogen and oxygen atoms in total. The summed E-state index contributed by atoms with van der Waals surface area (Å²) in [4.78, 5) is 23.9. The van der Waals surface area contributed by atoms with Gasteiger partial charge in [-0.15, -0.1) is 0 Å². The van der Waals surface area contributed by atoms with Crippen LogP contribution in [0.2, 0.25) is 0 Å². The van der Waals surface area contributed by atoms with Gasteiger partial charge in [0.2, 0.25) is 5.95 Å². The van der Waals surface area contributed by atoms with Crippen molar-refractivity contribution in [1.82, 2.24) is 19.5 Å². The molecular weight excluding hydrogens is 539 g/mol. The number of hydrogen-bond donors (Lipinski definition) is 3. The van der Waals surface area contributed by atoms with E-state index in [0.29, 0.717) is 11.2 Å². The number of nitrogen functional groups attached to an aromatic ring is 2. The number of ether oxygens (including phenoxy) is 2. The van der Waals surface area contributed by atoms with Crippen molar-refractivity contribution in [1.29, 1.82) is 0 Å². The number of anilines is 2. The van der Waals surface area contributed by atoms with Crippen molar-refractivity contribution in [3.8, 4) is 0 Å². The molecule has 3 heterocycles. The maximum atomic E-state index is 11.2. The first-order chi connectivity index (χ1) is 18.7. The Morgan fingerprint density at radius 3 is 2.41 bits per heavy atom. The third-order valence-electron chi connectivity index (χ3n) is 7.26. The average Bonchev–Trinajstić information content (AvgIpc) is 3.46. The van der Waals surface area contributed by atoms with Gasteiger partial charge in [0.05, 0.1) is 18.5 Å². The van der Waals surface area contributed by atoms with E-state index in [-0.39, 0.29) is 24.0 Å². The second kappa shape index (κ2) is 15.6. The van der Waals surface area contributed by atoms with Crippen LogP contribution in [0.4, 0.5) is 11.8 Å². The first-order valence-electron chi connectivity index (χ1n) is 14.4. The van der Waals surface area contributed by atoms with Crippen molar-refractivity contribution in [2.45, 2.75) is 128 Å². The van der Waals surface area contributed by atoms with Crippen LogP contribution in [0.25, 0.3) is 11.2 Å². The average molecular weight is 587 g/mol. The predicted molar refractivity (Wildman–Crippen MR) is 158 cm³/mol. The van der Waals surface area contributed by atoms with Gasteiger partial charge in [-0.2, -0.15) is 9.97 Å². The number of aromatic nitrogens is 4. The molecule has 39 heavy (non-hydrogen) atoms. The fourth-order valence-electron chi connectivity index (χ4n) is 5.13. The van der Waals surface area contributed by atoms with E-state index in [2.05, 4.69) is 28.8 Å². The molecule has 3 rings (SSSR count). The van der Waals surface area contributed by atoms with Gasteiger partial charge in [-0.3, -0.25) is 9.09 Å². The molecule has 0 saturated carbocycles. The minimum Gasteiger partial charge on any atom is -0.382 e. The number of nitrogens with zero attached hydrogens (tertiary/aromatic N) is 4. The molecule has 0 aliphatic carbocycles. The van der Waals surface area contributed by atoms with Crippen molar-refractivity contribution >= 4 is 41.5 Å². The molecule has 1 fully saturated rings. The second-order valence-corrected chi connectivity index (χ2v) is 13.0. The summed E-state index contributed by atoms with van der Waals surface area (Å²) in [7, 11) is 1.58. The highest BCUT2D eigenvalue weighted by molar-refractivity contribution is 8.07. The molecule has 1 aliphatic rings. The van der Waals surface area contributed by atoms with Gasteiger partial charge in [-0.25, -0.2) is 4.98 Å². The molecule has 222 valence electrons. The topological polar surface area (TPSA) is 153 Å². The lowest BCUT2D eigenvalue weighted by Crippen LogP contribution is -2.35. The van der Waals surface area contributed by atoms with Crippen molar-refractivity contribution in [3.05, 3.63) is 6.33 Å². The standard InChI is InChI=1S/C26H47N6O5PS/c1-5-8-10-12-13-15-18(7-3)36-38(33,39)37-21-19(16-14-11-9-6-2)35-25(22(21)34-4)32-17-29-20-23(27)30-26(28)31-24(20)32/h17-19,21-22,25H,5-16H2,1-4H3,(H,33,39)(H4,27,28,30,31). The number of nitrogens with two attached hydrogens (primary N) is 2. The van der Waals surface area contributed by atoms with E-state index < -0.39 is 25.2 Å². The van der Waals surface area contributed by atoms with Gasteiger partial charge in [-0.05, 0) is 31.1 Å². The summed E-state index contributed by atoms with van der Waals surface area (Å²) in [6.07, 6.45) is 11.5. The Balaban J connectivity index is 1.79. The number of methoxy groups -OCH3 is 1. The lowest BCUT2D eigenvalue weighted by Gasteiger charge is -2.29. The molecule has 13 heteroatoms. The van der Waals surface area contributed by atoms with Gasteiger partial charge in [0.1, 0.15) is 17.7 Å². The number of hydrogen-bond acceptors (Lipinski definition) is 10. The minimum atomic E-state index is -3.59. The van der Waals surface area contributed by atoms with Gasteiger partial charge in [-0.1, -0.05) is 78.6 Å². The van der Waals surface area contributed by atoms with Gasteiger partial charge >= 0.3 is 6.72 Å². The predicted octanol–water partition coefficient (Wildman–Crippen LogP) is 5.63. The van der Waals surface area contributed by atoms with Gasteiger partial charge in [0, 0.05) is 7.11 Å². The highest BCUT2D eigenvalue weighted by Crippen LogP contribution is 2.51. The summed E-state index contributed by atoms with van der Waals surface area (Å²) >= 11 is 5.54. The second-order valence-electron chi connectivity index (χ2n) is 10.3. The van der Waals surface area contributed by atoms with Crippen LogP contribution in [0, 0.1) is 0 Å². The first-order valence-corrected chi connectivity index (χ1v) is 17.0.